The summed E-state index contributed by atoms with van der Waals surface area (Å²) in [5.74, 6) is -0.0650. The van der Waals surface area contributed by atoms with Gasteiger partial charge in [0, 0.05) is 26.6 Å². The third-order valence-corrected chi connectivity index (χ3v) is 5.16. The standard InChI is InChI=1S/C18H22N2O3S/c1-16(21)20(14-12-17-8-4-2-5-9-17)15-13-19-24(22,23)18-10-6-3-7-11-18/h2-11,19H,12-15H2,1H3. The van der Waals surface area contributed by atoms with Gasteiger partial charge in [-0.1, -0.05) is 48.5 Å². The van der Waals surface area contributed by atoms with E-state index in [1.54, 1.807) is 35.2 Å². The number of benzene rings is 2. The summed E-state index contributed by atoms with van der Waals surface area (Å²) in [5.41, 5.74) is 1.15. The van der Waals surface area contributed by atoms with Gasteiger partial charge in [0.2, 0.25) is 15.9 Å². The van der Waals surface area contributed by atoms with Crippen LogP contribution in [-0.2, 0) is 21.2 Å². The first-order valence-corrected chi connectivity index (χ1v) is 9.31. The Hall–Kier alpha value is -2.18. The van der Waals surface area contributed by atoms with Crippen molar-refractivity contribution in [3.8, 4) is 0 Å². The number of carbonyl (C=O) groups is 1. The quantitative estimate of drug-likeness (QED) is 0.795. The molecule has 0 unspecified atom stereocenters. The predicted molar refractivity (Wildman–Crippen MR) is 94.0 cm³/mol. The summed E-state index contributed by atoms with van der Waals surface area (Å²) < 4.78 is 26.8. The molecule has 0 aliphatic heterocycles. The van der Waals surface area contributed by atoms with Crippen molar-refractivity contribution in [1.82, 2.24) is 9.62 Å². The summed E-state index contributed by atoms with van der Waals surface area (Å²) in [7, 11) is -3.54. The van der Waals surface area contributed by atoms with Crippen molar-refractivity contribution in [3.05, 3.63) is 66.2 Å². The second kappa shape index (κ2) is 8.61. The Morgan fingerprint density at radius 2 is 1.54 bits per heavy atom. The molecule has 0 bridgehead atoms. The van der Waals surface area contributed by atoms with Gasteiger partial charge in [-0.25, -0.2) is 13.1 Å². The molecule has 0 aliphatic carbocycles. The number of nitrogens with one attached hydrogen (secondary N) is 1. The summed E-state index contributed by atoms with van der Waals surface area (Å²) in [6.45, 7) is 2.59. The van der Waals surface area contributed by atoms with Crippen LogP contribution in [0.1, 0.15) is 12.5 Å². The van der Waals surface area contributed by atoms with E-state index in [4.69, 9.17) is 0 Å². The molecular weight excluding hydrogens is 324 g/mol. The van der Waals surface area contributed by atoms with Gasteiger partial charge in [-0.05, 0) is 24.1 Å². The minimum Gasteiger partial charge on any atom is -0.341 e. The Morgan fingerprint density at radius 3 is 2.12 bits per heavy atom. The van der Waals surface area contributed by atoms with Crippen LogP contribution in [0.5, 0.6) is 0 Å². The first-order valence-electron chi connectivity index (χ1n) is 7.83. The molecular formula is C18H22N2O3S. The summed E-state index contributed by atoms with van der Waals surface area (Å²) in [6, 6.07) is 18.1. The monoisotopic (exact) mass is 346 g/mol. The Balaban J connectivity index is 1.86. The van der Waals surface area contributed by atoms with Gasteiger partial charge in [-0.2, -0.15) is 0 Å². The summed E-state index contributed by atoms with van der Waals surface area (Å²) in [4.78, 5) is 13.6. The molecule has 2 rings (SSSR count). The molecule has 0 saturated carbocycles. The van der Waals surface area contributed by atoms with Crippen LogP contribution in [0.15, 0.2) is 65.6 Å². The number of carbonyl (C=O) groups excluding carboxylic acids is 1. The zero-order chi connectivity index (χ0) is 17.4. The maximum absolute atomic E-state index is 12.1. The average Bonchev–Trinajstić information content (AvgIpc) is 2.59. The number of hydrogen-bond acceptors (Lipinski definition) is 3. The zero-order valence-electron chi connectivity index (χ0n) is 13.7. The summed E-state index contributed by atoms with van der Waals surface area (Å²) in [5, 5.41) is 0. The van der Waals surface area contributed by atoms with Crippen LogP contribution in [0.3, 0.4) is 0 Å². The fourth-order valence-electron chi connectivity index (χ4n) is 2.33. The molecule has 0 aromatic heterocycles. The van der Waals surface area contributed by atoms with Crippen LogP contribution >= 0.6 is 0 Å². The first kappa shape index (κ1) is 18.2. The molecule has 1 N–H and O–H groups in total. The minimum absolute atomic E-state index is 0.0650. The molecule has 2 aromatic carbocycles. The topological polar surface area (TPSA) is 66.5 Å². The molecule has 1 amide bonds. The molecule has 0 radical (unpaired) electrons. The van der Waals surface area contributed by atoms with Gasteiger partial charge in [0.15, 0.2) is 0 Å². The van der Waals surface area contributed by atoms with Gasteiger partial charge in [-0.3, -0.25) is 4.79 Å². The van der Waals surface area contributed by atoms with E-state index in [0.717, 1.165) is 12.0 Å². The van der Waals surface area contributed by atoms with Crippen molar-refractivity contribution >= 4 is 15.9 Å². The van der Waals surface area contributed by atoms with E-state index in [1.165, 1.54) is 6.92 Å². The highest BCUT2D eigenvalue weighted by Crippen LogP contribution is 2.07. The molecule has 0 heterocycles. The smallest absolute Gasteiger partial charge is 0.240 e. The van der Waals surface area contributed by atoms with Crippen LogP contribution < -0.4 is 4.72 Å². The average molecular weight is 346 g/mol. The van der Waals surface area contributed by atoms with Crippen LogP contribution in [-0.4, -0.2) is 38.9 Å². The Kier molecular flexibility index (Phi) is 6.52. The van der Waals surface area contributed by atoms with Crippen molar-refractivity contribution in [2.24, 2.45) is 0 Å². The molecule has 0 atom stereocenters. The molecule has 128 valence electrons. The van der Waals surface area contributed by atoms with Crippen molar-refractivity contribution in [1.29, 1.82) is 0 Å². The van der Waals surface area contributed by atoms with Gasteiger partial charge < -0.3 is 4.90 Å². The lowest BCUT2D eigenvalue weighted by atomic mass is 10.1. The summed E-state index contributed by atoms with van der Waals surface area (Å²) >= 11 is 0. The Morgan fingerprint density at radius 1 is 0.958 bits per heavy atom. The second-order valence-corrected chi connectivity index (χ2v) is 7.22. The molecule has 0 saturated heterocycles. The van der Waals surface area contributed by atoms with Gasteiger partial charge in [0.05, 0.1) is 4.90 Å². The molecule has 0 fully saturated rings. The second-order valence-electron chi connectivity index (χ2n) is 5.45. The number of hydrogen-bond donors (Lipinski definition) is 1. The van der Waals surface area contributed by atoms with E-state index in [9.17, 15) is 13.2 Å². The van der Waals surface area contributed by atoms with Crippen LogP contribution in [0.2, 0.25) is 0 Å². The van der Waals surface area contributed by atoms with E-state index in [-0.39, 0.29) is 17.3 Å². The van der Waals surface area contributed by atoms with Gasteiger partial charge in [0.1, 0.15) is 0 Å². The minimum atomic E-state index is -3.54. The van der Waals surface area contributed by atoms with Crippen LogP contribution in [0.25, 0.3) is 0 Å². The van der Waals surface area contributed by atoms with E-state index in [1.807, 2.05) is 30.3 Å². The molecule has 0 aliphatic rings. The highest BCUT2D eigenvalue weighted by atomic mass is 32.2. The normalized spacial score (nSPS) is 11.2. The third-order valence-electron chi connectivity index (χ3n) is 3.69. The van der Waals surface area contributed by atoms with Crippen molar-refractivity contribution in [2.75, 3.05) is 19.6 Å². The third kappa shape index (κ3) is 5.47. The molecule has 24 heavy (non-hydrogen) atoms. The highest BCUT2D eigenvalue weighted by molar-refractivity contribution is 7.89. The number of amides is 1. The zero-order valence-corrected chi connectivity index (χ0v) is 14.5. The maximum atomic E-state index is 12.1. The van der Waals surface area contributed by atoms with E-state index < -0.39 is 10.0 Å². The number of rotatable bonds is 8. The molecule has 0 spiro atoms. The van der Waals surface area contributed by atoms with Crippen LogP contribution in [0.4, 0.5) is 0 Å². The maximum Gasteiger partial charge on any atom is 0.240 e. The van der Waals surface area contributed by atoms with E-state index in [2.05, 4.69) is 4.72 Å². The SMILES string of the molecule is CC(=O)N(CCNS(=O)(=O)c1ccccc1)CCc1ccccc1. The Labute approximate surface area is 143 Å². The molecule has 6 heteroatoms. The van der Waals surface area contributed by atoms with Crippen molar-refractivity contribution in [3.63, 3.8) is 0 Å². The Bertz CT molecular complexity index is 746. The van der Waals surface area contributed by atoms with Gasteiger partial charge in [0.25, 0.3) is 0 Å². The fourth-order valence-corrected chi connectivity index (χ4v) is 3.38. The summed E-state index contributed by atoms with van der Waals surface area (Å²) in [6.07, 6.45) is 0.742. The van der Waals surface area contributed by atoms with Gasteiger partial charge in [-0.15, -0.1) is 0 Å². The lowest BCUT2D eigenvalue weighted by molar-refractivity contribution is -0.128. The number of nitrogens with zero attached hydrogens (tertiary/aromatic N) is 1. The van der Waals surface area contributed by atoms with Gasteiger partial charge >= 0.3 is 0 Å². The van der Waals surface area contributed by atoms with Crippen molar-refractivity contribution < 1.29 is 13.2 Å². The lowest BCUT2D eigenvalue weighted by Crippen LogP contribution is -2.38. The fraction of sp³-hybridized carbons (Fsp3) is 0.278. The highest BCUT2D eigenvalue weighted by Gasteiger charge is 2.14. The van der Waals surface area contributed by atoms with E-state index in [0.29, 0.717) is 13.1 Å². The van der Waals surface area contributed by atoms with E-state index >= 15 is 0 Å². The molecule has 2 aromatic rings. The van der Waals surface area contributed by atoms with Crippen molar-refractivity contribution in [2.45, 2.75) is 18.2 Å². The first-order chi connectivity index (χ1) is 11.5. The molecule has 5 nitrogen and oxygen atoms in total. The van der Waals surface area contributed by atoms with Crippen LogP contribution in [0, 0.1) is 0 Å². The lowest BCUT2D eigenvalue weighted by Gasteiger charge is -2.21. The number of sulfonamides is 1. The largest absolute Gasteiger partial charge is 0.341 e. The predicted octanol–water partition coefficient (Wildman–Crippen LogP) is 2.06.